The van der Waals surface area contributed by atoms with Gasteiger partial charge in [-0.25, -0.2) is 0 Å². The molecule has 0 spiro atoms. The van der Waals surface area contributed by atoms with E-state index in [1.165, 1.54) is 25.1 Å². The number of hydrogen-bond donors (Lipinski definition) is 0. The molecule has 0 bridgehead atoms. The highest BCUT2D eigenvalue weighted by Crippen LogP contribution is 2.45. The molecule has 0 amide bonds. The molecule has 1 atom stereocenters. The van der Waals surface area contributed by atoms with Crippen LogP contribution in [-0.2, 0) is 43.4 Å². The highest BCUT2D eigenvalue weighted by molar-refractivity contribution is 5.42. The van der Waals surface area contributed by atoms with Crippen LogP contribution >= 0.6 is 0 Å². The van der Waals surface area contributed by atoms with Gasteiger partial charge in [-0.15, -0.1) is 5.10 Å². The van der Waals surface area contributed by atoms with Crippen molar-refractivity contribution < 1.29 is 44.3 Å². The van der Waals surface area contributed by atoms with Crippen molar-refractivity contribution in [2.75, 3.05) is 12.0 Å². The van der Waals surface area contributed by atoms with E-state index < -0.39 is 53.4 Å². The van der Waals surface area contributed by atoms with Gasteiger partial charge in [-0.1, -0.05) is 11.2 Å². The van der Waals surface area contributed by atoms with Crippen molar-refractivity contribution in [2.24, 2.45) is 13.0 Å². The SMILES string of the molecule is COC(c1ccc(C(F)(F)F)cc1CN(Cc1cc(C(F)(F)F)cc(C(F)(F)F)c1)c1nnn(C)n1)C1CC1. The van der Waals surface area contributed by atoms with E-state index in [-0.39, 0.29) is 30.0 Å². The van der Waals surface area contributed by atoms with E-state index in [4.69, 9.17) is 4.74 Å². The fraction of sp³-hybridized carbons (Fsp3) is 0.458. The van der Waals surface area contributed by atoms with Crippen LogP contribution in [0.5, 0.6) is 0 Å². The molecule has 1 aliphatic carbocycles. The lowest BCUT2D eigenvalue weighted by atomic mass is 9.96. The number of aromatic nitrogens is 4. The van der Waals surface area contributed by atoms with Crippen molar-refractivity contribution in [3.8, 4) is 0 Å². The molecule has 1 aliphatic rings. The highest BCUT2D eigenvalue weighted by Gasteiger charge is 2.38. The van der Waals surface area contributed by atoms with Crippen LogP contribution in [0, 0.1) is 5.92 Å². The minimum absolute atomic E-state index is 0.00184. The van der Waals surface area contributed by atoms with Gasteiger partial charge in [0.1, 0.15) is 0 Å². The van der Waals surface area contributed by atoms with E-state index >= 15 is 0 Å². The predicted molar refractivity (Wildman–Crippen MR) is 119 cm³/mol. The molecule has 3 aromatic rings. The largest absolute Gasteiger partial charge is 0.416 e. The molecule has 1 unspecified atom stereocenters. The Labute approximate surface area is 216 Å². The van der Waals surface area contributed by atoms with Gasteiger partial charge in [-0.3, -0.25) is 0 Å². The summed E-state index contributed by atoms with van der Waals surface area (Å²) in [5, 5.41) is 11.4. The van der Waals surface area contributed by atoms with E-state index in [2.05, 4.69) is 15.4 Å². The van der Waals surface area contributed by atoms with Gasteiger partial charge in [0.2, 0.25) is 0 Å². The fourth-order valence-electron chi connectivity index (χ4n) is 4.30. The second-order valence-corrected chi connectivity index (χ2v) is 9.25. The molecule has 1 fully saturated rings. The van der Waals surface area contributed by atoms with Crippen LogP contribution in [0.4, 0.5) is 45.5 Å². The molecule has 1 heterocycles. The highest BCUT2D eigenvalue weighted by atomic mass is 19.4. The summed E-state index contributed by atoms with van der Waals surface area (Å²) in [4.78, 5) is 2.17. The molecule has 6 nitrogen and oxygen atoms in total. The van der Waals surface area contributed by atoms with E-state index in [0.29, 0.717) is 17.7 Å². The van der Waals surface area contributed by atoms with Crippen LogP contribution in [0.2, 0.25) is 0 Å². The van der Waals surface area contributed by atoms with Crippen molar-refractivity contribution >= 4 is 5.95 Å². The first-order chi connectivity index (χ1) is 18.1. The van der Waals surface area contributed by atoms with Gasteiger partial charge in [0, 0.05) is 20.2 Å². The van der Waals surface area contributed by atoms with Gasteiger partial charge in [0.05, 0.1) is 29.8 Å². The van der Waals surface area contributed by atoms with Gasteiger partial charge in [-0.05, 0) is 71.0 Å². The van der Waals surface area contributed by atoms with E-state index in [0.717, 1.165) is 29.8 Å². The standard InChI is InChI=1S/C24H22F9N5O/c1-37-35-21(34-36-37)38(11-13-7-17(23(28,29)30)10-18(8-13)24(31,32)33)12-15-9-16(22(25,26)27)5-6-19(15)20(39-2)14-3-4-14/h5-10,14,20H,3-4,11-12H2,1-2H3. The number of hydrogen-bond acceptors (Lipinski definition) is 5. The summed E-state index contributed by atoms with van der Waals surface area (Å²) in [5.74, 6) is -0.140. The smallest absolute Gasteiger partial charge is 0.376 e. The molecule has 15 heteroatoms. The number of aryl methyl sites for hydroxylation is 1. The number of benzene rings is 2. The van der Waals surface area contributed by atoms with E-state index in [1.54, 1.807) is 0 Å². The zero-order valence-electron chi connectivity index (χ0n) is 20.5. The summed E-state index contributed by atoms with van der Waals surface area (Å²) in [6, 6.07) is 4.17. The van der Waals surface area contributed by atoms with Gasteiger partial charge in [-0.2, -0.15) is 44.3 Å². The van der Waals surface area contributed by atoms with E-state index in [9.17, 15) is 39.5 Å². The molecule has 0 aliphatic heterocycles. The zero-order chi connectivity index (χ0) is 28.8. The summed E-state index contributed by atoms with van der Waals surface area (Å²) >= 11 is 0. The Morgan fingerprint density at radius 3 is 1.92 bits per heavy atom. The number of rotatable bonds is 8. The number of nitrogens with zero attached hydrogens (tertiary/aromatic N) is 5. The molecule has 0 saturated heterocycles. The number of tetrazole rings is 1. The number of methoxy groups -OCH3 is 1. The second kappa shape index (κ2) is 10.3. The first-order valence-electron chi connectivity index (χ1n) is 11.6. The number of halogens is 9. The van der Waals surface area contributed by atoms with E-state index in [1.807, 2.05) is 0 Å². The minimum Gasteiger partial charge on any atom is -0.376 e. The van der Waals surface area contributed by atoms with Crippen LogP contribution in [0.15, 0.2) is 36.4 Å². The third-order valence-corrected chi connectivity index (χ3v) is 6.24. The Balaban J connectivity index is 1.80. The summed E-state index contributed by atoms with van der Waals surface area (Å²) in [5.41, 5.74) is -3.89. The van der Waals surface area contributed by atoms with Gasteiger partial charge in [0.15, 0.2) is 0 Å². The molecule has 1 aromatic heterocycles. The van der Waals surface area contributed by atoms with Crippen LogP contribution in [0.1, 0.15) is 52.3 Å². The van der Waals surface area contributed by atoms with Gasteiger partial charge < -0.3 is 9.64 Å². The number of anilines is 1. The number of alkyl halides is 9. The Hall–Kier alpha value is -3.36. The van der Waals surface area contributed by atoms with Crippen molar-refractivity contribution in [3.05, 3.63) is 69.8 Å². The number of ether oxygens (including phenoxy) is 1. The Morgan fingerprint density at radius 1 is 0.872 bits per heavy atom. The first kappa shape index (κ1) is 28.6. The molecular weight excluding hydrogens is 545 g/mol. The Kier molecular flexibility index (Phi) is 7.58. The maximum atomic E-state index is 13.6. The summed E-state index contributed by atoms with van der Waals surface area (Å²) in [6.07, 6.45) is -13.8. The quantitative estimate of drug-likeness (QED) is 0.288. The topological polar surface area (TPSA) is 56.1 Å². The van der Waals surface area contributed by atoms with Crippen LogP contribution < -0.4 is 4.90 Å². The lowest BCUT2D eigenvalue weighted by molar-refractivity contribution is -0.143. The van der Waals surface area contributed by atoms with Crippen molar-refractivity contribution in [3.63, 3.8) is 0 Å². The van der Waals surface area contributed by atoms with Crippen LogP contribution in [0.25, 0.3) is 0 Å². The molecule has 212 valence electrons. The molecule has 0 radical (unpaired) electrons. The minimum atomic E-state index is -5.07. The molecule has 2 aromatic carbocycles. The summed E-state index contributed by atoms with van der Waals surface area (Å²) in [7, 11) is 2.79. The average molecular weight is 567 g/mol. The maximum absolute atomic E-state index is 13.6. The first-order valence-corrected chi connectivity index (χ1v) is 11.6. The molecule has 1 saturated carbocycles. The lowest BCUT2D eigenvalue weighted by Crippen LogP contribution is -2.26. The van der Waals surface area contributed by atoms with Crippen LogP contribution in [-0.4, -0.2) is 27.3 Å². The monoisotopic (exact) mass is 567 g/mol. The van der Waals surface area contributed by atoms with Crippen molar-refractivity contribution in [1.29, 1.82) is 0 Å². The zero-order valence-corrected chi connectivity index (χ0v) is 20.5. The van der Waals surface area contributed by atoms with Gasteiger partial charge >= 0.3 is 18.5 Å². The Morgan fingerprint density at radius 2 is 1.46 bits per heavy atom. The van der Waals surface area contributed by atoms with Crippen molar-refractivity contribution in [2.45, 2.75) is 50.6 Å². The molecule has 0 N–H and O–H groups in total. The fourth-order valence-corrected chi connectivity index (χ4v) is 4.30. The third kappa shape index (κ3) is 6.81. The lowest BCUT2D eigenvalue weighted by Gasteiger charge is -2.26. The summed E-state index contributed by atoms with van der Waals surface area (Å²) < 4.78 is 127. The van der Waals surface area contributed by atoms with Gasteiger partial charge in [0.25, 0.3) is 5.95 Å². The van der Waals surface area contributed by atoms with Crippen LogP contribution in [0.3, 0.4) is 0 Å². The second-order valence-electron chi connectivity index (χ2n) is 9.25. The molecule has 39 heavy (non-hydrogen) atoms. The maximum Gasteiger partial charge on any atom is 0.416 e. The average Bonchev–Trinajstić information content (AvgIpc) is 3.57. The molecular formula is C24H22F9N5O. The molecule has 4 rings (SSSR count). The van der Waals surface area contributed by atoms with Crippen molar-refractivity contribution in [1.82, 2.24) is 20.2 Å². The summed E-state index contributed by atoms with van der Waals surface area (Å²) in [6.45, 7) is -0.968. The third-order valence-electron chi connectivity index (χ3n) is 6.24. The predicted octanol–water partition coefficient (Wildman–Crippen LogP) is 6.57. The Bertz CT molecular complexity index is 1280. The normalized spacial score (nSPS) is 15.5.